The van der Waals surface area contributed by atoms with Gasteiger partial charge in [0.05, 0.1) is 55.1 Å². The first-order chi connectivity index (χ1) is 28.5. The zero-order chi connectivity index (χ0) is 43.5. The van der Waals surface area contributed by atoms with Crippen molar-refractivity contribution in [3.63, 3.8) is 0 Å². The maximum atomic E-state index is 14.1. The second kappa shape index (κ2) is 16.3. The van der Waals surface area contributed by atoms with Gasteiger partial charge >= 0.3 is 11.9 Å². The number of ketones is 3. The molecule has 2 aromatic carbocycles. The number of piperidine rings is 1. The number of carbonyl (C=O) groups is 4. The molecule has 20 heteroatoms. The molecule has 2 aliphatic heterocycles. The number of phenols is 2. The van der Waals surface area contributed by atoms with Crippen molar-refractivity contribution in [3.8, 4) is 17.2 Å². The maximum absolute atomic E-state index is 14.1. The third-order valence-electron chi connectivity index (χ3n) is 12.2. The molecule has 0 radical (unpaired) electrons. The molecular weight excluding hydrogens is 792 g/mol. The molecule has 4 aliphatic rings. The summed E-state index contributed by atoms with van der Waals surface area (Å²) >= 11 is 0. The first-order valence-electron chi connectivity index (χ1n) is 19.2. The number of fused-ring (bicyclic) bond motifs is 3. The smallest absolute Gasteiger partial charge is 0.434 e. The molecule has 4 N–H and O–H groups in total. The number of hydrogen-bond acceptors (Lipinski definition) is 18. The predicted molar refractivity (Wildman–Crippen MR) is 202 cm³/mol. The average Bonchev–Trinajstić information content (AvgIpc) is 3.60. The molecule has 2 saturated heterocycles. The fourth-order valence-corrected chi connectivity index (χ4v) is 8.96. The number of ether oxygens (including phenoxy) is 6. The van der Waals surface area contributed by atoms with E-state index in [1.807, 2.05) is 0 Å². The van der Waals surface area contributed by atoms with Crippen LogP contribution in [0.5, 0.6) is 17.2 Å². The molecule has 1 aromatic heterocycles. The lowest BCUT2D eigenvalue weighted by Crippen LogP contribution is -2.64. The molecule has 20 nitrogen and oxygen atoms in total. The first kappa shape index (κ1) is 42.8. The number of imidazole rings is 1. The lowest BCUT2D eigenvalue weighted by atomic mass is 9.72. The Bertz CT molecular complexity index is 2250. The molecule has 8 atom stereocenters. The standard InChI is InChI=1S/C40H46N4O16/c1-17-33(46)23(43-26(56-5)10-19(11-27(43)57-6)38(51)58-16-20-15-41-39(42(20)3)44(53)54)12-28(59-17)60-25-14-40(52,18(2)45)13-22-30(25)37(50)32-31(35(22)48)34(47)21-8-7-9-24(55-4)29(21)36(32)49/h7-9,15,17,19,23,25-28,33,46,48,50,52H,10-14,16H2,1-6H3/t17-,19?,23?,25-,26?,27?,28-,33?,40-/m0/s1. The molecular formula is C40H46N4O16. The van der Waals surface area contributed by atoms with Crippen molar-refractivity contribution < 1.29 is 72.9 Å². The number of hydrogen-bond donors (Lipinski definition) is 4. The number of Topliss-reactive ketones (excluding diaryl/α,β-unsaturated/α-hetero) is 1. The topological polar surface area (TPSA) is 269 Å². The zero-order valence-electron chi connectivity index (χ0n) is 33.6. The molecule has 0 spiro atoms. The van der Waals surface area contributed by atoms with Gasteiger partial charge in [-0.3, -0.25) is 19.2 Å². The molecule has 60 heavy (non-hydrogen) atoms. The van der Waals surface area contributed by atoms with E-state index < -0.39 is 124 Å². The van der Waals surface area contributed by atoms with E-state index in [9.17, 15) is 49.7 Å². The van der Waals surface area contributed by atoms with Crippen LogP contribution in [-0.4, -0.2) is 127 Å². The minimum atomic E-state index is -2.14. The second-order valence-corrected chi connectivity index (χ2v) is 15.5. The van der Waals surface area contributed by atoms with E-state index in [2.05, 4.69) is 4.98 Å². The number of benzene rings is 2. The Hall–Kier alpha value is -5.35. The van der Waals surface area contributed by atoms with Crippen molar-refractivity contribution in [2.24, 2.45) is 13.0 Å². The molecule has 0 bridgehead atoms. The Morgan fingerprint density at radius 2 is 1.70 bits per heavy atom. The number of carbonyl (C=O) groups excluding carboxylic acids is 4. The van der Waals surface area contributed by atoms with E-state index in [-0.39, 0.29) is 53.9 Å². The molecule has 2 fully saturated rings. The maximum Gasteiger partial charge on any atom is 0.434 e. The number of methoxy groups -OCH3 is 3. The lowest BCUT2D eigenvalue weighted by Gasteiger charge is -2.51. The van der Waals surface area contributed by atoms with Gasteiger partial charge in [0, 0.05) is 69.1 Å². The van der Waals surface area contributed by atoms with E-state index in [1.165, 1.54) is 57.3 Å². The van der Waals surface area contributed by atoms with Gasteiger partial charge in [0.25, 0.3) is 0 Å². The van der Waals surface area contributed by atoms with Crippen molar-refractivity contribution in [1.29, 1.82) is 0 Å². The average molecular weight is 839 g/mol. The summed E-state index contributed by atoms with van der Waals surface area (Å²) in [4.78, 5) is 70.3. The van der Waals surface area contributed by atoms with Crippen LogP contribution in [0.25, 0.3) is 0 Å². The van der Waals surface area contributed by atoms with Crippen LogP contribution < -0.4 is 4.74 Å². The van der Waals surface area contributed by atoms with Gasteiger partial charge in [-0.2, -0.15) is 0 Å². The summed E-state index contributed by atoms with van der Waals surface area (Å²) in [6.45, 7) is 2.48. The summed E-state index contributed by atoms with van der Waals surface area (Å²) in [7, 11) is 5.60. The highest BCUT2D eigenvalue weighted by Crippen LogP contribution is 2.53. The van der Waals surface area contributed by atoms with Crippen molar-refractivity contribution in [2.75, 3.05) is 21.3 Å². The quantitative estimate of drug-likeness (QED) is 0.0729. The van der Waals surface area contributed by atoms with E-state index >= 15 is 0 Å². The van der Waals surface area contributed by atoms with Crippen LogP contribution in [0.4, 0.5) is 5.95 Å². The number of rotatable bonds is 11. The Kier molecular flexibility index (Phi) is 11.6. The van der Waals surface area contributed by atoms with Crippen LogP contribution in [0.15, 0.2) is 24.4 Å². The largest absolute Gasteiger partial charge is 0.507 e. The summed E-state index contributed by atoms with van der Waals surface area (Å²) < 4.78 is 36.4. The van der Waals surface area contributed by atoms with Crippen molar-refractivity contribution in [2.45, 2.75) is 101 Å². The van der Waals surface area contributed by atoms with Gasteiger partial charge in [-0.05, 0) is 24.8 Å². The van der Waals surface area contributed by atoms with Gasteiger partial charge in [0.2, 0.25) is 5.78 Å². The molecule has 0 saturated carbocycles. The number of likely N-dealkylation sites (tertiary alicyclic amines) is 1. The highest BCUT2D eigenvalue weighted by molar-refractivity contribution is 6.31. The predicted octanol–water partition coefficient (Wildman–Crippen LogP) is 2.11. The number of phenolic OH excluding ortho intramolecular Hbond substituents is 2. The number of aliphatic hydroxyl groups is 2. The summed E-state index contributed by atoms with van der Waals surface area (Å²) in [5.41, 5.74) is -3.28. The zero-order valence-corrected chi connectivity index (χ0v) is 33.6. The molecule has 4 unspecified atom stereocenters. The van der Waals surface area contributed by atoms with Crippen molar-refractivity contribution >= 4 is 29.3 Å². The Morgan fingerprint density at radius 3 is 2.30 bits per heavy atom. The third kappa shape index (κ3) is 7.10. The minimum Gasteiger partial charge on any atom is -0.507 e. The van der Waals surface area contributed by atoms with Gasteiger partial charge in [-0.25, -0.2) is 9.47 Å². The summed E-state index contributed by atoms with van der Waals surface area (Å²) in [6, 6.07) is 3.55. The number of nitro groups is 1. The van der Waals surface area contributed by atoms with Crippen LogP contribution in [0, 0.1) is 16.0 Å². The summed E-state index contributed by atoms with van der Waals surface area (Å²) in [5.74, 6) is -5.32. The molecule has 3 aromatic rings. The normalized spacial score (nSPS) is 29.0. The van der Waals surface area contributed by atoms with E-state index in [0.29, 0.717) is 5.69 Å². The monoisotopic (exact) mass is 838 g/mol. The van der Waals surface area contributed by atoms with Crippen LogP contribution in [0.2, 0.25) is 0 Å². The second-order valence-electron chi connectivity index (χ2n) is 15.5. The van der Waals surface area contributed by atoms with E-state index in [0.717, 1.165) is 6.92 Å². The number of aromatic hydroxyl groups is 2. The number of aliphatic hydroxyl groups excluding tert-OH is 1. The van der Waals surface area contributed by atoms with E-state index in [1.54, 1.807) is 11.8 Å². The molecule has 7 rings (SSSR count). The number of aromatic nitrogens is 2. The van der Waals surface area contributed by atoms with Crippen LogP contribution in [0.3, 0.4) is 0 Å². The third-order valence-corrected chi connectivity index (χ3v) is 12.2. The number of esters is 1. The van der Waals surface area contributed by atoms with Crippen LogP contribution >= 0.6 is 0 Å². The Balaban J connectivity index is 1.17. The molecule has 3 heterocycles. The van der Waals surface area contributed by atoms with Crippen LogP contribution in [0.1, 0.15) is 94.3 Å². The van der Waals surface area contributed by atoms with Crippen molar-refractivity contribution in [3.05, 3.63) is 73.6 Å². The molecule has 0 amide bonds. The van der Waals surface area contributed by atoms with Gasteiger partial charge in [-0.15, -0.1) is 0 Å². The Morgan fingerprint density at radius 1 is 1.03 bits per heavy atom. The minimum absolute atomic E-state index is 0.0660. The number of nitrogens with zero attached hydrogens (tertiary/aromatic N) is 4. The van der Waals surface area contributed by atoms with Gasteiger partial charge < -0.3 is 59.0 Å². The van der Waals surface area contributed by atoms with Gasteiger partial charge in [-0.1, -0.05) is 17.1 Å². The Labute approximate surface area is 342 Å². The summed E-state index contributed by atoms with van der Waals surface area (Å²) in [6.07, 6.45) is -5.90. The summed E-state index contributed by atoms with van der Waals surface area (Å²) in [5, 5.41) is 58.1. The van der Waals surface area contributed by atoms with Crippen LogP contribution in [-0.2, 0) is 53.3 Å². The van der Waals surface area contributed by atoms with Gasteiger partial charge in [0.1, 0.15) is 48.1 Å². The fourth-order valence-electron chi connectivity index (χ4n) is 8.96. The highest BCUT2D eigenvalue weighted by atomic mass is 16.7. The van der Waals surface area contributed by atoms with E-state index in [4.69, 9.17) is 28.4 Å². The molecule has 322 valence electrons. The lowest BCUT2D eigenvalue weighted by molar-refractivity contribution is -0.396. The fraction of sp³-hybridized carbons (Fsp3) is 0.525. The molecule has 2 aliphatic carbocycles. The highest BCUT2D eigenvalue weighted by Gasteiger charge is 2.52. The first-order valence-corrected chi connectivity index (χ1v) is 19.2. The van der Waals surface area contributed by atoms with Crippen molar-refractivity contribution in [1.82, 2.24) is 14.5 Å². The SMILES string of the molecule is COc1cccc2c1C(=O)c1c(O)c3c(c(O)c1C2=O)C[C@@](O)(C(C)=O)C[C@@H]3O[C@H]1CC(N2C(OC)CC(C(=O)OCc3cnc([N+](=O)[O-])n3C)CC2OC)C(O)[C@H](C)O1. The van der Waals surface area contributed by atoms with Gasteiger partial charge in [0.15, 0.2) is 23.6 Å².